The van der Waals surface area contributed by atoms with Crippen LogP contribution in [0.3, 0.4) is 0 Å². The number of carbonyl (C=O) groups is 2. The fourth-order valence-corrected chi connectivity index (χ4v) is 5.54. The maximum Gasteiger partial charge on any atom is 0.258 e. The van der Waals surface area contributed by atoms with Gasteiger partial charge in [0.15, 0.2) is 0 Å². The summed E-state index contributed by atoms with van der Waals surface area (Å²) in [6.07, 6.45) is 13.3. The van der Waals surface area contributed by atoms with E-state index < -0.39 is 0 Å². The minimum atomic E-state index is -0.379. The maximum atomic E-state index is 13.6. The summed E-state index contributed by atoms with van der Waals surface area (Å²) in [5, 5.41) is 3.14. The molecule has 1 N–H and O–H groups in total. The van der Waals surface area contributed by atoms with E-state index in [0.29, 0.717) is 23.8 Å². The van der Waals surface area contributed by atoms with E-state index in [9.17, 15) is 9.59 Å². The van der Waals surface area contributed by atoms with E-state index in [0.717, 1.165) is 44.9 Å². The summed E-state index contributed by atoms with van der Waals surface area (Å²) < 4.78 is 5.44. The minimum absolute atomic E-state index is 0.00376. The van der Waals surface area contributed by atoms with Gasteiger partial charge >= 0.3 is 0 Å². The van der Waals surface area contributed by atoms with Crippen molar-refractivity contribution in [2.75, 3.05) is 13.7 Å². The Morgan fingerprint density at radius 3 is 2.77 bits per heavy atom. The third-order valence-electron chi connectivity index (χ3n) is 7.09. The first kappa shape index (κ1) is 21.0. The van der Waals surface area contributed by atoms with E-state index in [2.05, 4.69) is 11.4 Å². The molecule has 2 amide bonds. The topological polar surface area (TPSA) is 58.6 Å². The normalized spacial score (nSPS) is 26.0. The maximum absolute atomic E-state index is 13.6. The third-order valence-corrected chi connectivity index (χ3v) is 7.09. The van der Waals surface area contributed by atoms with Crippen LogP contribution in [0.5, 0.6) is 5.75 Å². The molecule has 0 radical (unpaired) electrons. The molecule has 4 rings (SSSR count). The lowest BCUT2D eigenvalue weighted by molar-refractivity contribution is -0.125. The lowest BCUT2D eigenvalue weighted by Crippen LogP contribution is -2.49. The van der Waals surface area contributed by atoms with E-state index in [1.807, 2.05) is 29.2 Å². The molecule has 0 bridgehead atoms. The number of methoxy groups -OCH3 is 1. The highest BCUT2D eigenvalue weighted by Crippen LogP contribution is 2.41. The van der Waals surface area contributed by atoms with Crippen LogP contribution in [-0.4, -0.2) is 42.5 Å². The Kier molecular flexibility index (Phi) is 6.76. The van der Waals surface area contributed by atoms with Crippen LogP contribution in [0.15, 0.2) is 35.9 Å². The van der Waals surface area contributed by atoms with Gasteiger partial charge in [-0.15, -0.1) is 0 Å². The number of fused-ring (bicyclic) bond motifs is 1. The van der Waals surface area contributed by atoms with Crippen molar-refractivity contribution in [3.8, 4) is 5.75 Å². The SMILES string of the molecule is COc1ccccc1C(=O)N1[C@H](C(=O)NCCC2=CCCCC2)C[C@@H]2CCCC[C@@H]21. The second-order valence-electron chi connectivity index (χ2n) is 8.93. The molecule has 0 unspecified atom stereocenters. The van der Waals surface area contributed by atoms with Gasteiger partial charge < -0.3 is 15.0 Å². The van der Waals surface area contributed by atoms with Crippen LogP contribution in [0.2, 0.25) is 0 Å². The van der Waals surface area contributed by atoms with Crippen molar-refractivity contribution >= 4 is 11.8 Å². The summed E-state index contributed by atoms with van der Waals surface area (Å²) in [5.74, 6) is 0.931. The molecule has 2 fully saturated rings. The average Bonchev–Trinajstić information content (AvgIpc) is 3.19. The number of amides is 2. The molecule has 1 saturated carbocycles. The van der Waals surface area contributed by atoms with Crippen LogP contribution in [0.25, 0.3) is 0 Å². The molecule has 1 aromatic rings. The molecule has 5 heteroatoms. The molecule has 30 heavy (non-hydrogen) atoms. The molecular weight excluding hydrogens is 376 g/mol. The van der Waals surface area contributed by atoms with Gasteiger partial charge in [0, 0.05) is 12.6 Å². The zero-order valence-electron chi connectivity index (χ0n) is 18.1. The van der Waals surface area contributed by atoms with Crippen LogP contribution in [0.4, 0.5) is 0 Å². The van der Waals surface area contributed by atoms with Gasteiger partial charge in [-0.1, -0.05) is 36.6 Å². The molecule has 162 valence electrons. The highest BCUT2D eigenvalue weighted by atomic mass is 16.5. The van der Waals surface area contributed by atoms with Gasteiger partial charge in [0.2, 0.25) is 5.91 Å². The van der Waals surface area contributed by atoms with Gasteiger partial charge in [0.1, 0.15) is 11.8 Å². The first-order chi connectivity index (χ1) is 14.7. The first-order valence-corrected chi connectivity index (χ1v) is 11.6. The monoisotopic (exact) mass is 410 g/mol. The Balaban J connectivity index is 1.49. The van der Waals surface area contributed by atoms with E-state index in [1.165, 1.54) is 24.8 Å². The van der Waals surface area contributed by atoms with Crippen molar-refractivity contribution in [1.29, 1.82) is 0 Å². The Bertz CT molecular complexity index is 803. The summed E-state index contributed by atoms with van der Waals surface area (Å²) in [6, 6.07) is 7.13. The lowest BCUT2D eigenvalue weighted by atomic mass is 9.84. The molecule has 1 heterocycles. The summed E-state index contributed by atoms with van der Waals surface area (Å²) in [4.78, 5) is 28.6. The number of para-hydroxylation sites is 1. The van der Waals surface area contributed by atoms with Gasteiger partial charge in [-0.25, -0.2) is 0 Å². The highest BCUT2D eigenvalue weighted by Gasteiger charge is 2.47. The Hall–Kier alpha value is -2.30. The fraction of sp³-hybridized carbons (Fsp3) is 0.600. The molecule has 0 aromatic heterocycles. The number of allylic oxidation sites excluding steroid dienone is 1. The Labute approximate surface area is 179 Å². The number of benzene rings is 1. The quantitative estimate of drug-likeness (QED) is 0.704. The largest absolute Gasteiger partial charge is 0.496 e. The predicted octanol–water partition coefficient (Wildman–Crippen LogP) is 4.48. The van der Waals surface area contributed by atoms with Crippen molar-refractivity contribution in [1.82, 2.24) is 10.2 Å². The molecule has 5 nitrogen and oxygen atoms in total. The first-order valence-electron chi connectivity index (χ1n) is 11.6. The summed E-state index contributed by atoms with van der Waals surface area (Å²) in [5.41, 5.74) is 2.01. The molecule has 0 spiro atoms. The number of nitrogens with zero attached hydrogens (tertiary/aromatic N) is 1. The molecule has 1 aromatic carbocycles. The molecular formula is C25H34N2O3. The molecule has 2 aliphatic carbocycles. The number of hydrogen-bond acceptors (Lipinski definition) is 3. The van der Waals surface area contributed by atoms with Gasteiger partial charge in [0.05, 0.1) is 12.7 Å². The van der Waals surface area contributed by atoms with E-state index in [1.54, 1.807) is 7.11 Å². The second-order valence-corrected chi connectivity index (χ2v) is 8.93. The van der Waals surface area contributed by atoms with Crippen LogP contribution in [0.1, 0.15) is 74.6 Å². The van der Waals surface area contributed by atoms with Crippen LogP contribution in [-0.2, 0) is 4.79 Å². The zero-order chi connectivity index (χ0) is 20.9. The lowest BCUT2D eigenvalue weighted by Gasteiger charge is -2.34. The Morgan fingerprint density at radius 2 is 1.97 bits per heavy atom. The van der Waals surface area contributed by atoms with E-state index >= 15 is 0 Å². The van der Waals surface area contributed by atoms with Crippen LogP contribution < -0.4 is 10.1 Å². The molecule has 3 aliphatic rings. The average molecular weight is 411 g/mol. The molecule has 1 aliphatic heterocycles. The zero-order valence-corrected chi connectivity index (χ0v) is 18.1. The van der Waals surface area contributed by atoms with E-state index in [4.69, 9.17) is 4.74 Å². The number of carbonyl (C=O) groups excluding carboxylic acids is 2. The van der Waals surface area contributed by atoms with Crippen molar-refractivity contribution in [3.05, 3.63) is 41.5 Å². The van der Waals surface area contributed by atoms with Gasteiger partial charge in [-0.05, 0) is 69.4 Å². The standard InChI is InChI=1S/C25H34N2O3/c1-30-23-14-8-6-12-20(23)25(29)27-21-13-7-5-11-19(21)17-22(27)24(28)26-16-15-18-9-3-2-4-10-18/h6,8-9,12,14,19,21-22H,2-5,7,10-11,13,15-17H2,1H3,(H,26,28)/t19-,21-,22-/m0/s1. The minimum Gasteiger partial charge on any atom is -0.496 e. The van der Waals surface area contributed by atoms with Gasteiger partial charge in [-0.2, -0.15) is 0 Å². The summed E-state index contributed by atoms with van der Waals surface area (Å²) in [6.45, 7) is 0.660. The third kappa shape index (κ3) is 4.40. The molecule has 3 atom stereocenters. The van der Waals surface area contributed by atoms with Crippen LogP contribution in [0, 0.1) is 5.92 Å². The summed E-state index contributed by atoms with van der Waals surface area (Å²) in [7, 11) is 1.59. The Morgan fingerprint density at radius 1 is 1.13 bits per heavy atom. The number of hydrogen-bond donors (Lipinski definition) is 1. The van der Waals surface area contributed by atoms with Crippen LogP contribution >= 0.6 is 0 Å². The number of rotatable bonds is 6. The number of ether oxygens (including phenoxy) is 1. The number of nitrogens with one attached hydrogen (secondary N) is 1. The van der Waals surface area contributed by atoms with Crippen molar-refractivity contribution in [2.45, 2.75) is 76.3 Å². The van der Waals surface area contributed by atoms with Gasteiger partial charge in [-0.3, -0.25) is 9.59 Å². The smallest absolute Gasteiger partial charge is 0.258 e. The second kappa shape index (κ2) is 9.67. The predicted molar refractivity (Wildman–Crippen MR) is 117 cm³/mol. The summed E-state index contributed by atoms with van der Waals surface area (Å²) >= 11 is 0. The highest BCUT2D eigenvalue weighted by molar-refractivity contribution is 6.00. The fourth-order valence-electron chi connectivity index (χ4n) is 5.54. The van der Waals surface area contributed by atoms with Crippen molar-refractivity contribution < 1.29 is 14.3 Å². The number of likely N-dealkylation sites (tertiary alicyclic amines) is 1. The van der Waals surface area contributed by atoms with Crippen molar-refractivity contribution in [2.24, 2.45) is 5.92 Å². The van der Waals surface area contributed by atoms with E-state index in [-0.39, 0.29) is 23.9 Å². The van der Waals surface area contributed by atoms with Gasteiger partial charge in [0.25, 0.3) is 5.91 Å². The van der Waals surface area contributed by atoms with Crippen molar-refractivity contribution in [3.63, 3.8) is 0 Å². The molecule has 1 saturated heterocycles.